The molecule has 13 nitrogen and oxygen atoms in total. The number of nitrogens with one attached hydrogen (secondary N) is 2. The fourth-order valence-corrected chi connectivity index (χ4v) is 6.23. The van der Waals surface area contributed by atoms with Crippen molar-refractivity contribution in [3.63, 3.8) is 0 Å². The van der Waals surface area contributed by atoms with Crippen molar-refractivity contribution >= 4 is 34.8 Å². The molecule has 2 aromatic carbocycles. The Kier molecular flexibility index (Phi) is 10.2. The van der Waals surface area contributed by atoms with Crippen LogP contribution in [0.25, 0.3) is 11.0 Å². The molecule has 252 valence electrons. The molecule has 0 aliphatic carbocycles. The van der Waals surface area contributed by atoms with Gasteiger partial charge in [0.25, 0.3) is 0 Å². The SMILES string of the molecule is Cn1nnc2cc(CNC(=O)[C@@H]3CC(Cc4ccc(OC(F)(F)F)cc4)CN3C(=O)[C@@H](CCC(=O)N3CCCC3)NC(=O)O)ccc21. The molecule has 0 bridgehead atoms. The second-order valence-electron chi connectivity index (χ2n) is 11.9. The molecule has 1 unspecified atom stereocenters. The highest BCUT2D eigenvalue weighted by Gasteiger charge is 2.42. The first-order chi connectivity index (χ1) is 22.4. The molecule has 2 aliphatic rings. The van der Waals surface area contributed by atoms with Gasteiger partial charge in [-0.1, -0.05) is 23.4 Å². The van der Waals surface area contributed by atoms with Gasteiger partial charge in [0.05, 0.1) is 5.52 Å². The minimum absolute atomic E-state index is 0.0397. The molecular weight excluding hydrogens is 623 g/mol. The third-order valence-corrected chi connectivity index (χ3v) is 8.50. The number of likely N-dealkylation sites (tertiary alicyclic amines) is 2. The number of aromatic nitrogens is 3. The van der Waals surface area contributed by atoms with E-state index in [0.717, 1.165) is 23.9 Å². The summed E-state index contributed by atoms with van der Waals surface area (Å²) in [6.07, 6.45) is -4.03. The number of fused-ring (bicyclic) bond motifs is 1. The van der Waals surface area contributed by atoms with Crippen LogP contribution in [0.1, 0.15) is 43.2 Å². The molecule has 5 rings (SSSR count). The van der Waals surface area contributed by atoms with Crippen molar-refractivity contribution in [1.82, 2.24) is 35.4 Å². The van der Waals surface area contributed by atoms with Gasteiger partial charge >= 0.3 is 12.5 Å². The van der Waals surface area contributed by atoms with Gasteiger partial charge in [0.2, 0.25) is 17.7 Å². The van der Waals surface area contributed by atoms with Gasteiger partial charge in [-0.05, 0) is 73.4 Å². The average molecular weight is 660 g/mol. The molecule has 0 saturated carbocycles. The second-order valence-corrected chi connectivity index (χ2v) is 11.9. The van der Waals surface area contributed by atoms with Crippen LogP contribution in [0.2, 0.25) is 0 Å². The Bertz CT molecular complexity index is 1610. The van der Waals surface area contributed by atoms with E-state index >= 15 is 0 Å². The normalized spacial score (nSPS) is 18.7. The topological polar surface area (TPSA) is 159 Å². The summed E-state index contributed by atoms with van der Waals surface area (Å²) in [6, 6.07) is 8.60. The van der Waals surface area contributed by atoms with Crippen LogP contribution in [-0.2, 0) is 34.4 Å². The lowest BCUT2D eigenvalue weighted by atomic mass is 9.96. The Morgan fingerprint density at radius 1 is 1.06 bits per heavy atom. The number of carboxylic acid groups (broad SMARTS) is 1. The maximum absolute atomic E-state index is 13.9. The number of rotatable bonds is 11. The van der Waals surface area contributed by atoms with E-state index in [9.17, 15) is 37.5 Å². The van der Waals surface area contributed by atoms with Crippen molar-refractivity contribution < 1.29 is 42.2 Å². The van der Waals surface area contributed by atoms with Gasteiger partial charge < -0.3 is 30.3 Å². The summed E-state index contributed by atoms with van der Waals surface area (Å²) in [7, 11) is 1.76. The van der Waals surface area contributed by atoms with E-state index in [-0.39, 0.29) is 49.9 Å². The highest BCUT2D eigenvalue weighted by molar-refractivity contribution is 5.92. The van der Waals surface area contributed by atoms with Crippen molar-refractivity contribution in [2.24, 2.45) is 13.0 Å². The molecule has 0 spiro atoms. The number of alkyl halides is 3. The number of nitrogens with zero attached hydrogens (tertiary/aromatic N) is 5. The van der Waals surface area contributed by atoms with E-state index in [1.165, 1.54) is 29.2 Å². The smallest absolute Gasteiger partial charge is 0.465 e. The Morgan fingerprint density at radius 3 is 2.45 bits per heavy atom. The van der Waals surface area contributed by atoms with Crippen LogP contribution in [0.15, 0.2) is 42.5 Å². The Hall–Kier alpha value is -4.89. The molecule has 3 N–H and O–H groups in total. The summed E-state index contributed by atoms with van der Waals surface area (Å²) in [4.78, 5) is 54.9. The van der Waals surface area contributed by atoms with Crippen molar-refractivity contribution in [2.45, 2.75) is 63.5 Å². The molecule has 16 heteroatoms. The molecule has 1 aromatic heterocycles. The van der Waals surface area contributed by atoms with Crippen LogP contribution < -0.4 is 15.4 Å². The number of benzene rings is 2. The van der Waals surface area contributed by atoms with Gasteiger partial charge in [-0.3, -0.25) is 14.4 Å². The highest BCUT2D eigenvalue weighted by atomic mass is 19.4. The van der Waals surface area contributed by atoms with E-state index in [1.54, 1.807) is 22.7 Å². The fourth-order valence-electron chi connectivity index (χ4n) is 6.23. The van der Waals surface area contributed by atoms with E-state index in [1.807, 2.05) is 12.1 Å². The standard InChI is InChI=1S/C31H36F3N7O6/c1-39-25-10-6-20(15-24(25)37-38-39)17-35-28(43)26-16-21(14-19-4-7-22(8-5-19)47-31(32,33)34)18-41(26)29(44)23(36-30(45)46)9-11-27(42)40-12-2-3-13-40/h4-8,10,15,21,23,26,36H,2-3,9,11-14,16-18H2,1H3,(H,35,43)(H,45,46)/t21?,23-,26+/m1/s1. The molecule has 47 heavy (non-hydrogen) atoms. The molecule has 3 aromatic rings. The first-order valence-electron chi connectivity index (χ1n) is 15.3. The zero-order valence-electron chi connectivity index (χ0n) is 25.7. The monoisotopic (exact) mass is 659 g/mol. The van der Waals surface area contributed by atoms with Crippen molar-refractivity contribution in [3.8, 4) is 5.75 Å². The zero-order valence-corrected chi connectivity index (χ0v) is 25.7. The Morgan fingerprint density at radius 2 is 1.77 bits per heavy atom. The summed E-state index contributed by atoms with van der Waals surface area (Å²) in [5.74, 6) is -1.88. The Labute approximate surface area is 268 Å². The van der Waals surface area contributed by atoms with Gasteiger partial charge in [-0.15, -0.1) is 18.3 Å². The summed E-state index contributed by atoms with van der Waals surface area (Å²) in [6.45, 7) is 1.47. The minimum atomic E-state index is -4.83. The number of amides is 4. The third kappa shape index (κ3) is 8.68. The first kappa shape index (κ1) is 33.5. The van der Waals surface area contributed by atoms with Crippen LogP contribution >= 0.6 is 0 Å². The van der Waals surface area contributed by atoms with Crippen molar-refractivity contribution in [3.05, 3.63) is 53.6 Å². The lowest BCUT2D eigenvalue weighted by Crippen LogP contribution is -2.53. The number of hydrogen-bond acceptors (Lipinski definition) is 7. The molecular formula is C31H36F3N7O6. The van der Waals surface area contributed by atoms with Gasteiger partial charge in [0.15, 0.2) is 0 Å². The number of ether oxygens (including phenoxy) is 1. The van der Waals surface area contributed by atoms with Gasteiger partial charge in [-0.2, -0.15) is 0 Å². The fraction of sp³-hybridized carbons (Fsp3) is 0.484. The van der Waals surface area contributed by atoms with Crippen LogP contribution in [0.3, 0.4) is 0 Å². The van der Waals surface area contributed by atoms with E-state index in [4.69, 9.17) is 0 Å². The second kappa shape index (κ2) is 14.3. The summed E-state index contributed by atoms with van der Waals surface area (Å²) >= 11 is 0. The predicted octanol–water partition coefficient (Wildman–Crippen LogP) is 2.98. The number of hydrogen-bond donors (Lipinski definition) is 3. The predicted molar refractivity (Wildman–Crippen MR) is 161 cm³/mol. The average Bonchev–Trinajstić information content (AvgIpc) is 3.78. The van der Waals surface area contributed by atoms with Crippen LogP contribution in [0.4, 0.5) is 18.0 Å². The van der Waals surface area contributed by atoms with Crippen molar-refractivity contribution in [2.75, 3.05) is 19.6 Å². The van der Waals surface area contributed by atoms with E-state index in [0.29, 0.717) is 30.6 Å². The maximum Gasteiger partial charge on any atom is 0.573 e. The zero-order chi connectivity index (χ0) is 33.7. The number of aryl methyl sites for hydroxylation is 1. The summed E-state index contributed by atoms with van der Waals surface area (Å²) < 4.78 is 43.4. The third-order valence-electron chi connectivity index (χ3n) is 8.50. The quantitative estimate of drug-likeness (QED) is 0.284. The lowest BCUT2D eigenvalue weighted by Gasteiger charge is -2.28. The largest absolute Gasteiger partial charge is 0.573 e. The van der Waals surface area contributed by atoms with E-state index < -0.39 is 36.4 Å². The molecule has 0 radical (unpaired) electrons. The van der Waals surface area contributed by atoms with Gasteiger partial charge in [0, 0.05) is 39.6 Å². The van der Waals surface area contributed by atoms with Gasteiger partial charge in [-0.25, -0.2) is 9.48 Å². The molecule has 3 atom stereocenters. The minimum Gasteiger partial charge on any atom is -0.465 e. The number of carbonyl (C=O) groups excluding carboxylic acids is 3. The van der Waals surface area contributed by atoms with E-state index in [2.05, 4.69) is 25.7 Å². The maximum atomic E-state index is 13.9. The number of carbonyl (C=O) groups is 4. The number of halogens is 3. The summed E-state index contributed by atoms with van der Waals surface area (Å²) in [5.41, 5.74) is 2.89. The van der Waals surface area contributed by atoms with Crippen molar-refractivity contribution in [1.29, 1.82) is 0 Å². The summed E-state index contributed by atoms with van der Waals surface area (Å²) in [5, 5.41) is 22.7. The molecule has 3 heterocycles. The Balaban J connectivity index is 1.31. The molecule has 2 fully saturated rings. The highest BCUT2D eigenvalue weighted by Crippen LogP contribution is 2.30. The molecule has 2 aliphatic heterocycles. The van der Waals surface area contributed by atoms with Gasteiger partial charge in [0.1, 0.15) is 23.3 Å². The first-order valence-corrected chi connectivity index (χ1v) is 15.3. The lowest BCUT2D eigenvalue weighted by molar-refractivity contribution is -0.274. The van der Waals surface area contributed by atoms with Crippen LogP contribution in [0.5, 0.6) is 5.75 Å². The molecule has 4 amide bonds. The molecule has 2 saturated heterocycles. The van der Waals surface area contributed by atoms with Crippen LogP contribution in [0, 0.1) is 5.92 Å². The van der Waals surface area contributed by atoms with Crippen LogP contribution in [-0.4, -0.2) is 91.8 Å².